The number of imidazole rings is 1. The highest BCUT2D eigenvalue weighted by Crippen LogP contribution is 2.44. The summed E-state index contributed by atoms with van der Waals surface area (Å²) >= 11 is 8.17. The second-order valence-corrected chi connectivity index (χ2v) is 5.90. The Kier molecular flexibility index (Phi) is 2.53. The van der Waals surface area contributed by atoms with Gasteiger partial charge in [-0.1, -0.05) is 29.8 Å². The van der Waals surface area contributed by atoms with Gasteiger partial charge >= 0.3 is 0 Å². The highest BCUT2D eigenvalue weighted by molar-refractivity contribution is 7.99. The van der Waals surface area contributed by atoms with E-state index in [9.17, 15) is 0 Å². The summed E-state index contributed by atoms with van der Waals surface area (Å²) in [7, 11) is 0. The summed E-state index contributed by atoms with van der Waals surface area (Å²) in [5.41, 5.74) is 3.03. The van der Waals surface area contributed by atoms with E-state index in [1.807, 2.05) is 36.0 Å². The predicted octanol–water partition coefficient (Wildman–Crippen LogP) is 3.88. The van der Waals surface area contributed by atoms with E-state index in [0.717, 1.165) is 33.3 Å². The van der Waals surface area contributed by atoms with Gasteiger partial charge in [-0.15, -0.1) is 11.8 Å². The van der Waals surface area contributed by atoms with E-state index < -0.39 is 0 Å². The van der Waals surface area contributed by atoms with Crippen molar-refractivity contribution < 1.29 is 0 Å². The van der Waals surface area contributed by atoms with Gasteiger partial charge in [0.2, 0.25) is 0 Å². The summed E-state index contributed by atoms with van der Waals surface area (Å²) in [6.07, 6.45) is 1.78. The highest BCUT2D eigenvalue weighted by atomic mass is 35.5. The number of benzene rings is 1. The van der Waals surface area contributed by atoms with Crippen LogP contribution in [-0.2, 0) is 5.75 Å². The molecule has 0 saturated heterocycles. The molecule has 1 aliphatic heterocycles. The maximum absolute atomic E-state index is 6.33. The number of nitrogens with zero attached hydrogens (tertiary/aromatic N) is 3. The number of pyridine rings is 1. The molecule has 0 saturated carbocycles. The second-order valence-electron chi connectivity index (χ2n) is 4.43. The minimum Gasteiger partial charge on any atom is -0.309 e. The first kappa shape index (κ1) is 11.3. The van der Waals surface area contributed by atoms with Crippen LogP contribution in [0, 0.1) is 0 Å². The molecular weight excluding hydrogens is 278 g/mol. The van der Waals surface area contributed by atoms with Crippen LogP contribution >= 0.6 is 23.4 Å². The van der Waals surface area contributed by atoms with Crippen LogP contribution < -0.4 is 0 Å². The molecule has 3 nitrogen and oxygen atoms in total. The number of hydrogen-bond donors (Lipinski definition) is 0. The summed E-state index contributed by atoms with van der Waals surface area (Å²) in [5, 5.41) is 0.997. The Labute approximate surface area is 119 Å². The Hall–Kier alpha value is -1.52. The van der Waals surface area contributed by atoms with Crippen LogP contribution in [0.25, 0.3) is 11.2 Å². The number of fused-ring (bicyclic) bond motifs is 3. The third kappa shape index (κ3) is 1.67. The topological polar surface area (TPSA) is 30.7 Å². The summed E-state index contributed by atoms with van der Waals surface area (Å²) in [6, 6.07) is 12.0. The van der Waals surface area contributed by atoms with Crippen LogP contribution in [0.2, 0.25) is 5.02 Å². The summed E-state index contributed by atoms with van der Waals surface area (Å²) in [5.74, 6) is 1.97. The van der Waals surface area contributed by atoms with E-state index >= 15 is 0 Å². The lowest BCUT2D eigenvalue weighted by atomic mass is 10.2. The molecule has 2 aromatic heterocycles. The molecule has 1 aliphatic rings. The smallest absolute Gasteiger partial charge is 0.177 e. The van der Waals surface area contributed by atoms with E-state index in [2.05, 4.69) is 26.7 Å². The van der Waals surface area contributed by atoms with Crippen LogP contribution in [-0.4, -0.2) is 14.5 Å². The molecule has 5 heteroatoms. The zero-order chi connectivity index (χ0) is 12.8. The molecule has 4 rings (SSSR count). The van der Waals surface area contributed by atoms with E-state index in [4.69, 9.17) is 11.6 Å². The molecule has 1 aromatic carbocycles. The van der Waals surface area contributed by atoms with Gasteiger partial charge in [0.1, 0.15) is 11.2 Å². The lowest BCUT2D eigenvalue weighted by molar-refractivity contribution is 0.794. The van der Waals surface area contributed by atoms with E-state index in [0.29, 0.717) is 0 Å². The lowest BCUT2D eigenvalue weighted by Gasteiger charge is -2.15. The molecule has 0 aliphatic carbocycles. The predicted molar refractivity (Wildman–Crippen MR) is 78.4 cm³/mol. The van der Waals surface area contributed by atoms with Crippen molar-refractivity contribution in [3.05, 3.63) is 59.0 Å². The van der Waals surface area contributed by atoms with Gasteiger partial charge in [0, 0.05) is 16.8 Å². The normalized spacial score (nSPS) is 17.8. The first-order chi connectivity index (χ1) is 9.34. The van der Waals surface area contributed by atoms with Crippen molar-refractivity contribution in [3.63, 3.8) is 0 Å². The molecule has 3 heterocycles. The molecule has 3 aromatic rings. The van der Waals surface area contributed by atoms with Crippen LogP contribution in [0.3, 0.4) is 0 Å². The Morgan fingerprint density at radius 2 is 2.11 bits per heavy atom. The minimum absolute atomic E-state index is 0.192. The molecule has 0 fully saturated rings. The van der Waals surface area contributed by atoms with Gasteiger partial charge in [-0.2, -0.15) is 0 Å². The highest BCUT2D eigenvalue weighted by Gasteiger charge is 2.29. The molecule has 1 unspecified atom stereocenters. The zero-order valence-electron chi connectivity index (χ0n) is 9.95. The standard InChI is InChI=1S/C14H10ClN3S/c15-10-5-2-1-4-9(10)14-18-11-6-3-7-16-13(11)17-12(18)8-19-14/h1-7,14H,8H2. The number of rotatable bonds is 1. The fourth-order valence-electron chi connectivity index (χ4n) is 2.47. The summed E-state index contributed by atoms with van der Waals surface area (Å²) < 4.78 is 2.24. The van der Waals surface area contributed by atoms with Gasteiger partial charge in [0.05, 0.1) is 11.3 Å². The third-order valence-electron chi connectivity index (χ3n) is 3.31. The quantitative estimate of drug-likeness (QED) is 0.680. The number of hydrogen-bond acceptors (Lipinski definition) is 3. The number of halogens is 1. The average Bonchev–Trinajstić information content (AvgIpc) is 2.98. The second kappa shape index (κ2) is 4.25. The first-order valence-corrected chi connectivity index (χ1v) is 7.45. The fraction of sp³-hybridized carbons (Fsp3) is 0.143. The molecule has 0 radical (unpaired) electrons. The molecule has 0 spiro atoms. The molecule has 0 amide bonds. The molecule has 0 N–H and O–H groups in total. The van der Waals surface area contributed by atoms with Crippen LogP contribution in [0.1, 0.15) is 16.8 Å². The first-order valence-electron chi connectivity index (χ1n) is 6.02. The van der Waals surface area contributed by atoms with Crippen molar-refractivity contribution in [2.45, 2.75) is 11.1 Å². The van der Waals surface area contributed by atoms with Gasteiger partial charge in [-0.05, 0) is 18.2 Å². The maximum atomic E-state index is 6.33. The minimum atomic E-state index is 0.192. The van der Waals surface area contributed by atoms with Crippen LogP contribution in [0.5, 0.6) is 0 Å². The molecular formula is C14H10ClN3S. The van der Waals surface area contributed by atoms with Gasteiger partial charge < -0.3 is 4.57 Å². The Morgan fingerprint density at radius 3 is 3.00 bits per heavy atom. The van der Waals surface area contributed by atoms with Crippen molar-refractivity contribution in [2.75, 3.05) is 0 Å². The van der Waals surface area contributed by atoms with Crippen molar-refractivity contribution in [1.29, 1.82) is 0 Å². The van der Waals surface area contributed by atoms with Crippen LogP contribution in [0.4, 0.5) is 0 Å². The maximum Gasteiger partial charge on any atom is 0.177 e. The average molecular weight is 288 g/mol. The third-order valence-corrected chi connectivity index (χ3v) is 4.86. The zero-order valence-corrected chi connectivity index (χ0v) is 11.5. The Morgan fingerprint density at radius 1 is 1.21 bits per heavy atom. The van der Waals surface area contributed by atoms with Crippen LogP contribution in [0.15, 0.2) is 42.6 Å². The van der Waals surface area contributed by atoms with Crippen molar-refractivity contribution in [3.8, 4) is 0 Å². The Balaban J connectivity index is 1.94. The lowest BCUT2D eigenvalue weighted by Crippen LogP contribution is -2.03. The number of thioether (sulfide) groups is 1. The van der Waals surface area contributed by atoms with Gasteiger partial charge in [0.25, 0.3) is 0 Å². The largest absolute Gasteiger partial charge is 0.309 e. The van der Waals surface area contributed by atoms with Gasteiger partial charge in [-0.25, -0.2) is 9.97 Å². The Bertz CT molecular complexity index is 768. The molecule has 1 atom stereocenters. The summed E-state index contributed by atoms with van der Waals surface area (Å²) in [4.78, 5) is 8.91. The van der Waals surface area contributed by atoms with Crippen molar-refractivity contribution in [2.24, 2.45) is 0 Å². The van der Waals surface area contributed by atoms with Crippen molar-refractivity contribution >= 4 is 34.5 Å². The summed E-state index contributed by atoms with van der Waals surface area (Å²) in [6.45, 7) is 0. The van der Waals surface area contributed by atoms with Gasteiger partial charge in [-0.3, -0.25) is 0 Å². The molecule has 0 bridgehead atoms. The monoisotopic (exact) mass is 287 g/mol. The molecule has 19 heavy (non-hydrogen) atoms. The SMILES string of the molecule is Clc1ccccc1C1SCc2nc3ncccc3n21. The van der Waals surface area contributed by atoms with Crippen molar-refractivity contribution in [1.82, 2.24) is 14.5 Å². The van der Waals surface area contributed by atoms with Gasteiger partial charge in [0.15, 0.2) is 5.65 Å². The van der Waals surface area contributed by atoms with E-state index in [1.165, 1.54) is 0 Å². The fourth-order valence-corrected chi connectivity index (χ4v) is 4.06. The molecule has 94 valence electrons. The van der Waals surface area contributed by atoms with E-state index in [-0.39, 0.29) is 5.37 Å². The van der Waals surface area contributed by atoms with E-state index in [1.54, 1.807) is 6.20 Å². The number of aromatic nitrogens is 3.